The largest absolute Gasteiger partial charge is 0.398 e. The molecule has 0 aliphatic rings. The van der Waals surface area contributed by atoms with Gasteiger partial charge in [0.1, 0.15) is 6.07 Å². The molecule has 0 unspecified atom stereocenters. The summed E-state index contributed by atoms with van der Waals surface area (Å²) in [4.78, 5) is 13.9. The van der Waals surface area contributed by atoms with Crippen LogP contribution in [-0.4, -0.2) is 4.98 Å². The predicted octanol–water partition coefficient (Wildman–Crippen LogP) is 0.982. The van der Waals surface area contributed by atoms with Crippen molar-refractivity contribution in [2.75, 3.05) is 5.73 Å². The molecule has 0 atom stereocenters. The summed E-state index contributed by atoms with van der Waals surface area (Å²) in [5.74, 6) is 0. The fourth-order valence-corrected chi connectivity index (χ4v) is 1.35. The number of nitriles is 1. The van der Waals surface area contributed by atoms with E-state index in [0.29, 0.717) is 16.6 Å². The normalized spacial score (nSPS) is 9.93. The van der Waals surface area contributed by atoms with Crippen molar-refractivity contribution in [2.45, 2.75) is 0 Å². The molecule has 0 amide bonds. The van der Waals surface area contributed by atoms with Crippen LogP contribution >= 0.6 is 0 Å². The van der Waals surface area contributed by atoms with Gasteiger partial charge in [-0.3, -0.25) is 4.79 Å². The Hall–Kier alpha value is -2.28. The van der Waals surface area contributed by atoms with Crippen molar-refractivity contribution in [2.24, 2.45) is 0 Å². The molecular weight excluding hydrogens is 178 g/mol. The van der Waals surface area contributed by atoms with Gasteiger partial charge in [-0.2, -0.15) is 5.26 Å². The van der Waals surface area contributed by atoms with E-state index >= 15 is 0 Å². The van der Waals surface area contributed by atoms with E-state index in [4.69, 9.17) is 11.0 Å². The number of anilines is 1. The van der Waals surface area contributed by atoms with Crippen molar-refractivity contribution in [1.29, 1.82) is 5.26 Å². The van der Waals surface area contributed by atoms with Crippen LogP contribution in [0.1, 0.15) is 5.56 Å². The molecule has 1 aromatic carbocycles. The molecule has 0 fully saturated rings. The number of hydrogen-bond acceptors (Lipinski definition) is 3. The third-order valence-electron chi connectivity index (χ3n) is 2.06. The molecule has 3 N–H and O–H groups in total. The van der Waals surface area contributed by atoms with Crippen molar-refractivity contribution in [3.63, 3.8) is 0 Å². The summed E-state index contributed by atoms with van der Waals surface area (Å²) in [7, 11) is 0. The number of H-pyrrole nitrogens is 1. The summed E-state index contributed by atoms with van der Waals surface area (Å²) in [6.07, 6.45) is 1.55. The maximum Gasteiger partial charge on any atom is 0.255 e. The summed E-state index contributed by atoms with van der Waals surface area (Å²) in [5, 5.41) is 9.95. The third-order valence-corrected chi connectivity index (χ3v) is 2.06. The van der Waals surface area contributed by atoms with Crippen molar-refractivity contribution in [1.82, 2.24) is 4.98 Å². The first-order valence-corrected chi connectivity index (χ1v) is 4.03. The van der Waals surface area contributed by atoms with Crippen LogP contribution in [0.5, 0.6) is 0 Å². The van der Waals surface area contributed by atoms with Gasteiger partial charge in [-0.1, -0.05) is 0 Å². The lowest BCUT2D eigenvalue weighted by Crippen LogP contribution is -2.05. The Bertz CT molecular complexity index is 592. The van der Waals surface area contributed by atoms with Gasteiger partial charge in [-0.25, -0.2) is 0 Å². The van der Waals surface area contributed by atoms with Crippen molar-refractivity contribution in [3.8, 4) is 6.07 Å². The summed E-state index contributed by atoms with van der Waals surface area (Å²) >= 11 is 0. The Morgan fingerprint density at radius 3 is 2.93 bits per heavy atom. The number of fused-ring (bicyclic) bond motifs is 1. The number of pyridine rings is 1. The van der Waals surface area contributed by atoms with E-state index in [0.717, 1.165) is 5.39 Å². The number of nitrogens with two attached hydrogens (primary N) is 1. The van der Waals surface area contributed by atoms with E-state index < -0.39 is 0 Å². The Balaban J connectivity index is 2.96. The molecule has 0 saturated carbocycles. The number of aromatic amines is 1. The molecule has 0 radical (unpaired) electrons. The lowest BCUT2D eigenvalue weighted by atomic mass is 10.1. The summed E-state index contributed by atoms with van der Waals surface area (Å²) < 4.78 is 0. The van der Waals surface area contributed by atoms with Gasteiger partial charge in [0.25, 0.3) is 5.56 Å². The minimum atomic E-state index is -0.209. The van der Waals surface area contributed by atoms with E-state index in [9.17, 15) is 4.79 Å². The quantitative estimate of drug-likeness (QED) is 0.600. The molecule has 0 aliphatic heterocycles. The molecule has 1 aromatic heterocycles. The van der Waals surface area contributed by atoms with E-state index in [1.165, 1.54) is 6.07 Å². The number of nitrogens with zero attached hydrogens (tertiary/aromatic N) is 1. The van der Waals surface area contributed by atoms with Crippen molar-refractivity contribution < 1.29 is 0 Å². The van der Waals surface area contributed by atoms with Crippen LogP contribution in [0.15, 0.2) is 29.2 Å². The Labute approximate surface area is 79.6 Å². The highest BCUT2D eigenvalue weighted by Gasteiger charge is 2.03. The lowest BCUT2D eigenvalue weighted by molar-refractivity contribution is 1.28. The molecule has 4 heteroatoms. The second-order valence-corrected chi connectivity index (χ2v) is 2.95. The molecule has 0 spiro atoms. The number of nitrogen functional groups attached to an aromatic ring is 1. The summed E-state index contributed by atoms with van der Waals surface area (Å²) in [6, 6.07) is 6.81. The average Bonchev–Trinajstić information content (AvgIpc) is 2.17. The lowest BCUT2D eigenvalue weighted by Gasteiger charge is -2.00. The van der Waals surface area contributed by atoms with Crippen LogP contribution in [-0.2, 0) is 0 Å². The minimum Gasteiger partial charge on any atom is -0.398 e. The predicted molar refractivity (Wildman–Crippen MR) is 53.7 cm³/mol. The maximum atomic E-state index is 11.4. The van der Waals surface area contributed by atoms with Crippen LogP contribution in [0.3, 0.4) is 0 Å². The minimum absolute atomic E-state index is 0.209. The Morgan fingerprint density at radius 1 is 1.43 bits per heavy atom. The van der Waals surface area contributed by atoms with Crippen LogP contribution in [0.25, 0.3) is 10.8 Å². The molecule has 2 aromatic rings. The van der Waals surface area contributed by atoms with Gasteiger partial charge in [-0.15, -0.1) is 0 Å². The first-order valence-electron chi connectivity index (χ1n) is 4.03. The molecule has 2 rings (SSSR count). The zero-order chi connectivity index (χ0) is 10.1. The van der Waals surface area contributed by atoms with E-state index in [1.807, 2.05) is 6.07 Å². The number of aromatic nitrogens is 1. The van der Waals surface area contributed by atoms with Crippen LogP contribution < -0.4 is 11.3 Å². The first-order chi connectivity index (χ1) is 6.72. The maximum absolute atomic E-state index is 11.4. The fraction of sp³-hybridized carbons (Fsp3) is 0. The number of rotatable bonds is 0. The fourth-order valence-electron chi connectivity index (χ4n) is 1.35. The van der Waals surface area contributed by atoms with E-state index in [-0.39, 0.29) is 5.56 Å². The van der Waals surface area contributed by atoms with Crippen LogP contribution in [0.4, 0.5) is 5.69 Å². The number of nitrogens with one attached hydrogen (secondary N) is 1. The molecule has 0 bridgehead atoms. The molecule has 0 saturated heterocycles. The summed E-state index contributed by atoms with van der Waals surface area (Å²) in [6.45, 7) is 0. The number of hydrogen-bond donors (Lipinski definition) is 2. The highest BCUT2D eigenvalue weighted by molar-refractivity contribution is 5.86. The van der Waals surface area contributed by atoms with Gasteiger partial charge < -0.3 is 10.7 Å². The highest BCUT2D eigenvalue weighted by atomic mass is 16.1. The van der Waals surface area contributed by atoms with Gasteiger partial charge in [-0.05, 0) is 23.6 Å². The number of benzene rings is 1. The SMILES string of the molecule is N#Cc1cc2c(=O)[nH]ccc2cc1N. The monoisotopic (exact) mass is 185 g/mol. The van der Waals surface area contributed by atoms with Gasteiger partial charge in [0, 0.05) is 11.6 Å². The van der Waals surface area contributed by atoms with E-state index in [2.05, 4.69) is 4.98 Å². The van der Waals surface area contributed by atoms with Crippen LogP contribution in [0.2, 0.25) is 0 Å². The molecule has 1 heterocycles. The van der Waals surface area contributed by atoms with E-state index in [1.54, 1.807) is 18.3 Å². The standard InChI is InChI=1S/C10H7N3O/c11-5-7-3-8-6(4-9(7)12)1-2-13-10(8)14/h1-4H,12H2,(H,13,14). The zero-order valence-corrected chi connectivity index (χ0v) is 7.24. The zero-order valence-electron chi connectivity index (χ0n) is 7.24. The topological polar surface area (TPSA) is 82.7 Å². The second-order valence-electron chi connectivity index (χ2n) is 2.95. The smallest absolute Gasteiger partial charge is 0.255 e. The Morgan fingerprint density at radius 2 is 2.21 bits per heavy atom. The first kappa shape index (κ1) is 8.32. The molecule has 0 aliphatic carbocycles. The van der Waals surface area contributed by atoms with Crippen molar-refractivity contribution >= 4 is 16.5 Å². The van der Waals surface area contributed by atoms with Gasteiger partial charge in [0.05, 0.1) is 11.3 Å². The van der Waals surface area contributed by atoms with Crippen LogP contribution in [0, 0.1) is 11.3 Å². The van der Waals surface area contributed by atoms with Crippen molar-refractivity contribution in [3.05, 3.63) is 40.3 Å². The molecule has 4 nitrogen and oxygen atoms in total. The van der Waals surface area contributed by atoms with Gasteiger partial charge in [0.15, 0.2) is 0 Å². The highest BCUT2D eigenvalue weighted by Crippen LogP contribution is 2.17. The summed E-state index contributed by atoms with van der Waals surface area (Å²) in [5.41, 5.74) is 6.13. The molecular formula is C10H7N3O. The molecule has 14 heavy (non-hydrogen) atoms. The average molecular weight is 185 g/mol. The second kappa shape index (κ2) is 2.89. The third kappa shape index (κ3) is 1.12. The van der Waals surface area contributed by atoms with Gasteiger partial charge in [0.2, 0.25) is 0 Å². The van der Waals surface area contributed by atoms with Gasteiger partial charge >= 0.3 is 0 Å². The Kier molecular flexibility index (Phi) is 1.72. The molecule has 68 valence electrons.